The Morgan fingerprint density at radius 3 is 2.64 bits per heavy atom. The number of methoxy groups -OCH3 is 1. The van der Waals surface area contributed by atoms with Gasteiger partial charge < -0.3 is 19.9 Å². The van der Waals surface area contributed by atoms with Crippen LogP contribution in [0.2, 0.25) is 5.02 Å². The molecule has 1 aliphatic rings. The van der Waals surface area contributed by atoms with Gasteiger partial charge in [0.1, 0.15) is 5.75 Å². The third-order valence-electron chi connectivity index (χ3n) is 4.03. The molecule has 122 valence electrons. The first-order valence-corrected chi connectivity index (χ1v) is 8.06. The lowest BCUT2D eigenvalue weighted by atomic mass is 10.2. The molecule has 2 rings (SSSR count). The van der Waals surface area contributed by atoms with Crippen LogP contribution in [-0.4, -0.2) is 50.3 Å². The van der Waals surface area contributed by atoms with Crippen LogP contribution in [0, 0.1) is 0 Å². The van der Waals surface area contributed by atoms with Gasteiger partial charge in [0.05, 0.1) is 12.8 Å². The average molecular weight is 326 g/mol. The van der Waals surface area contributed by atoms with E-state index in [0.29, 0.717) is 18.1 Å². The molecule has 5 nitrogen and oxygen atoms in total. The number of urea groups is 1. The van der Waals surface area contributed by atoms with Gasteiger partial charge in [-0.15, -0.1) is 0 Å². The lowest BCUT2D eigenvalue weighted by molar-refractivity contribution is 0.190. The summed E-state index contributed by atoms with van der Waals surface area (Å²) in [6, 6.07) is 5.83. The molecule has 2 amide bonds. The number of benzene rings is 1. The second kappa shape index (κ2) is 7.58. The zero-order chi connectivity index (χ0) is 16.1. The van der Waals surface area contributed by atoms with E-state index in [2.05, 4.69) is 17.1 Å². The van der Waals surface area contributed by atoms with Gasteiger partial charge in [0, 0.05) is 37.2 Å². The molecule has 0 radical (unpaired) electrons. The minimum absolute atomic E-state index is 0.0204. The van der Waals surface area contributed by atoms with Crippen molar-refractivity contribution in [3.63, 3.8) is 0 Å². The van der Waals surface area contributed by atoms with E-state index in [9.17, 15) is 4.79 Å². The molecule has 1 heterocycles. The molecular formula is C16H24ClN3O2. The summed E-state index contributed by atoms with van der Waals surface area (Å²) in [5.74, 6) is 0.807. The van der Waals surface area contributed by atoms with Crippen molar-refractivity contribution in [2.75, 3.05) is 38.2 Å². The Morgan fingerprint density at radius 1 is 1.36 bits per heavy atom. The molecule has 1 atom stereocenters. The number of piperazine rings is 1. The Kier molecular flexibility index (Phi) is 5.77. The number of anilines is 1. The summed E-state index contributed by atoms with van der Waals surface area (Å²) in [4.78, 5) is 16.2. The van der Waals surface area contributed by atoms with E-state index in [0.717, 1.165) is 30.9 Å². The smallest absolute Gasteiger partial charge is 0.317 e. The number of nitrogens with zero attached hydrogens (tertiary/aromatic N) is 2. The molecule has 1 unspecified atom stereocenters. The number of ether oxygens (including phenoxy) is 1. The Labute approximate surface area is 137 Å². The first-order chi connectivity index (χ1) is 10.5. The zero-order valence-electron chi connectivity index (χ0n) is 13.4. The standard InChI is InChI=1S/C16H24ClN3O2/c1-4-12(2)18-16(21)20-9-7-19(8-10-20)14-11-13(17)5-6-15(14)22-3/h5-6,11-12H,4,7-10H2,1-3H3,(H,18,21). The van der Waals surface area contributed by atoms with Crippen LogP contribution in [0.3, 0.4) is 0 Å². The number of rotatable bonds is 4. The van der Waals surface area contributed by atoms with Gasteiger partial charge in [0.15, 0.2) is 0 Å². The summed E-state index contributed by atoms with van der Waals surface area (Å²) in [6.45, 7) is 7.00. The van der Waals surface area contributed by atoms with Gasteiger partial charge in [0.25, 0.3) is 0 Å². The van der Waals surface area contributed by atoms with E-state index >= 15 is 0 Å². The highest BCUT2D eigenvalue weighted by atomic mass is 35.5. The van der Waals surface area contributed by atoms with Crippen molar-refractivity contribution in [1.82, 2.24) is 10.2 Å². The summed E-state index contributed by atoms with van der Waals surface area (Å²) >= 11 is 6.09. The van der Waals surface area contributed by atoms with Crippen LogP contribution in [0.15, 0.2) is 18.2 Å². The van der Waals surface area contributed by atoms with E-state index in [4.69, 9.17) is 16.3 Å². The minimum Gasteiger partial charge on any atom is -0.495 e. The summed E-state index contributed by atoms with van der Waals surface area (Å²) in [5, 5.41) is 3.70. The fourth-order valence-electron chi connectivity index (χ4n) is 2.46. The normalized spacial score (nSPS) is 16.4. The van der Waals surface area contributed by atoms with E-state index in [1.807, 2.05) is 30.0 Å². The fraction of sp³-hybridized carbons (Fsp3) is 0.562. The highest BCUT2D eigenvalue weighted by Crippen LogP contribution is 2.31. The third kappa shape index (κ3) is 3.97. The van der Waals surface area contributed by atoms with Gasteiger partial charge in [-0.05, 0) is 31.5 Å². The van der Waals surface area contributed by atoms with Gasteiger partial charge in [-0.1, -0.05) is 18.5 Å². The van der Waals surface area contributed by atoms with Gasteiger partial charge in [-0.3, -0.25) is 0 Å². The van der Waals surface area contributed by atoms with Crippen molar-refractivity contribution >= 4 is 23.3 Å². The van der Waals surface area contributed by atoms with Gasteiger partial charge in [-0.2, -0.15) is 0 Å². The monoisotopic (exact) mass is 325 g/mol. The van der Waals surface area contributed by atoms with Crippen LogP contribution in [-0.2, 0) is 0 Å². The predicted molar refractivity (Wildman–Crippen MR) is 90.1 cm³/mol. The van der Waals surface area contributed by atoms with Crippen LogP contribution in [0.5, 0.6) is 5.75 Å². The summed E-state index contributed by atoms with van der Waals surface area (Å²) < 4.78 is 5.40. The highest BCUT2D eigenvalue weighted by Gasteiger charge is 2.23. The Morgan fingerprint density at radius 2 is 2.05 bits per heavy atom. The van der Waals surface area contributed by atoms with E-state index in [1.54, 1.807) is 7.11 Å². The van der Waals surface area contributed by atoms with Gasteiger partial charge >= 0.3 is 6.03 Å². The fourth-order valence-corrected chi connectivity index (χ4v) is 2.63. The minimum atomic E-state index is 0.0204. The molecule has 1 saturated heterocycles. The molecule has 1 aromatic carbocycles. The van der Waals surface area contributed by atoms with Crippen LogP contribution < -0.4 is 15.0 Å². The van der Waals surface area contributed by atoms with Crippen molar-refractivity contribution in [3.05, 3.63) is 23.2 Å². The lowest BCUT2D eigenvalue weighted by Crippen LogP contribution is -2.53. The topological polar surface area (TPSA) is 44.8 Å². The SMILES string of the molecule is CCC(C)NC(=O)N1CCN(c2cc(Cl)ccc2OC)CC1. The molecule has 0 saturated carbocycles. The first kappa shape index (κ1) is 16.7. The van der Waals surface area contributed by atoms with Gasteiger partial charge in [0.2, 0.25) is 0 Å². The number of carbonyl (C=O) groups is 1. The quantitative estimate of drug-likeness (QED) is 0.925. The maximum absolute atomic E-state index is 12.1. The average Bonchev–Trinajstić information content (AvgIpc) is 2.54. The van der Waals surface area contributed by atoms with E-state index in [-0.39, 0.29) is 12.1 Å². The highest BCUT2D eigenvalue weighted by molar-refractivity contribution is 6.30. The number of amides is 2. The van der Waals surface area contributed by atoms with Crippen LogP contribution in [0.4, 0.5) is 10.5 Å². The third-order valence-corrected chi connectivity index (χ3v) is 4.27. The molecule has 0 bridgehead atoms. The Balaban J connectivity index is 1.97. The van der Waals surface area contributed by atoms with Crippen LogP contribution in [0.25, 0.3) is 0 Å². The number of halogens is 1. The lowest BCUT2D eigenvalue weighted by Gasteiger charge is -2.37. The second-order valence-electron chi connectivity index (χ2n) is 5.55. The Hall–Kier alpha value is -1.62. The maximum atomic E-state index is 12.1. The molecule has 0 aliphatic carbocycles. The molecule has 1 fully saturated rings. The van der Waals surface area contributed by atoms with Crippen molar-refractivity contribution in [3.8, 4) is 5.75 Å². The number of nitrogens with one attached hydrogen (secondary N) is 1. The van der Waals surface area contributed by atoms with Crippen LogP contribution >= 0.6 is 11.6 Å². The van der Waals surface area contributed by atoms with Crippen molar-refractivity contribution < 1.29 is 9.53 Å². The molecule has 1 aromatic rings. The van der Waals surface area contributed by atoms with Crippen molar-refractivity contribution in [2.45, 2.75) is 26.3 Å². The van der Waals surface area contributed by atoms with Gasteiger partial charge in [-0.25, -0.2) is 4.79 Å². The molecule has 6 heteroatoms. The summed E-state index contributed by atoms with van der Waals surface area (Å²) in [7, 11) is 1.66. The maximum Gasteiger partial charge on any atom is 0.317 e. The molecule has 0 aromatic heterocycles. The Bertz CT molecular complexity index is 516. The molecule has 22 heavy (non-hydrogen) atoms. The molecular weight excluding hydrogens is 302 g/mol. The first-order valence-electron chi connectivity index (χ1n) is 7.69. The predicted octanol–water partition coefficient (Wildman–Crippen LogP) is 2.98. The largest absolute Gasteiger partial charge is 0.495 e. The van der Waals surface area contributed by atoms with Crippen molar-refractivity contribution in [1.29, 1.82) is 0 Å². The van der Waals surface area contributed by atoms with Crippen molar-refractivity contribution in [2.24, 2.45) is 0 Å². The zero-order valence-corrected chi connectivity index (χ0v) is 14.2. The second-order valence-corrected chi connectivity index (χ2v) is 5.99. The number of carbonyl (C=O) groups excluding carboxylic acids is 1. The van der Waals surface area contributed by atoms with E-state index < -0.39 is 0 Å². The summed E-state index contributed by atoms with van der Waals surface area (Å²) in [5.41, 5.74) is 0.983. The number of hydrogen-bond acceptors (Lipinski definition) is 3. The molecule has 0 spiro atoms. The molecule has 1 N–H and O–H groups in total. The van der Waals surface area contributed by atoms with Crippen LogP contribution in [0.1, 0.15) is 20.3 Å². The summed E-state index contributed by atoms with van der Waals surface area (Å²) in [6.07, 6.45) is 0.936. The molecule has 1 aliphatic heterocycles. The van der Waals surface area contributed by atoms with E-state index in [1.165, 1.54) is 0 Å². The number of hydrogen-bond donors (Lipinski definition) is 1.